The second kappa shape index (κ2) is 57.2. The number of piperidine rings is 3. The fourth-order valence-electron chi connectivity index (χ4n) is 12.0. The highest BCUT2D eigenvalue weighted by Gasteiger charge is 2.18. The van der Waals surface area contributed by atoms with Crippen molar-refractivity contribution in [2.45, 2.75) is 215 Å². The molecule has 6 aromatic rings. The Bertz CT molecular complexity index is 2550. The number of ether oxygens (including phenoxy) is 1. The van der Waals surface area contributed by atoms with E-state index in [0.29, 0.717) is 6.04 Å². The molecule has 98 heavy (non-hydrogen) atoms. The molecule has 6 fully saturated rings. The van der Waals surface area contributed by atoms with E-state index in [9.17, 15) is 0 Å². The van der Waals surface area contributed by atoms with Crippen LogP contribution in [0.1, 0.15) is 186 Å². The van der Waals surface area contributed by atoms with E-state index in [-0.39, 0.29) is 0 Å². The van der Waals surface area contributed by atoms with Gasteiger partial charge in [-0.25, -0.2) is 9.13 Å². The first-order valence-electron chi connectivity index (χ1n) is 38.0. The highest BCUT2D eigenvalue weighted by atomic mass is 16.5. The molecule has 0 spiro atoms. The molecule has 2 aromatic heterocycles. The maximum atomic E-state index is 4.91. The van der Waals surface area contributed by atoms with Crippen LogP contribution in [-0.2, 0) is 14.1 Å². The first-order valence-corrected chi connectivity index (χ1v) is 38.0. The second-order valence-electron chi connectivity index (χ2n) is 28.9. The minimum Gasteiger partial charge on any atom is -0.497 e. The summed E-state index contributed by atoms with van der Waals surface area (Å²) in [7, 11) is 24.8. The molecule has 2 N–H and O–H groups in total. The maximum absolute atomic E-state index is 4.91. The van der Waals surface area contributed by atoms with Gasteiger partial charge in [0.15, 0.2) is 23.8 Å². The van der Waals surface area contributed by atoms with Crippen LogP contribution in [0.4, 0.5) is 5.69 Å². The lowest BCUT2D eigenvalue weighted by atomic mass is 9.84. The van der Waals surface area contributed by atoms with E-state index in [0.717, 1.165) is 54.3 Å². The molecule has 0 bridgehead atoms. The predicted octanol–water partition coefficient (Wildman–Crippen LogP) is 17.8. The Labute approximate surface area is 605 Å². The van der Waals surface area contributed by atoms with E-state index < -0.39 is 0 Å². The molecule has 6 aliphatic rings. The number of nitrogens with zero attached hydrogens (tertiary/aromatic N) is 8. The standard InChI is InChI=1S/C9H13N.C8H18N2.C8H11N.C8H16.2C7H15N.2C7H10N.C7H8O.C7H8.2C6H13N/c1-8(10-2)9-6-4-3-5-7-9;1-9-7-8-5-3-4-6-10(8)2;1-9(2)8-6-4-3-5-7-8;1-7-4-3-5-8(2)6-7;4*1-7-5-3-4-6-8(7)2;1-8-7-5-3-2-4-6-7;1-7-5-3-2-4-6-7;2*1-6-4-3-5-7(6)2/h3-8,10H,1-2H3;8-9H,3-7H2,1-2H3;3-7H,1-2H3;7-8H,3-6H2,1-2H3;2*7H,3-6H2,1-2H3;2*3-6H,1-2H3;2-6H,1H3;2-6H,1H3;2*6H,3-5H2,1-2H3/q;;;;;;2*+1;;;;. The fourth-order valence-corrected chi connectivity index (χ4v) is 12.0. The van der Waals surface area contributed by atoms with Gasteiger partial charge in [-0.2, -0.15) is 0 Å². The van der Waals surface area contributed by atoms with Gasteiger partial charge in [0.1, 0.15) is 19.8 Å². The molecule has 5 saturated heterocycles. The fraction of sp³-hybridized carbons (Fsp3) is 0.609. The van der Waals surface area contributed by atoms with Crippen molar-refractivity contribution in [2.75, 3.05) is 115 Å². The summed E-state index contributed by atoms with van der Waals surface area (Å²) in [6, 6.07) is 57.5. The molecule has 0 amide bonds. The van der Waals surface area contributed by atoms with Crippen LogP contribution in [0.3, 0.4) is 0 Å². The second-order valence-corrected chi connectivity index (χ2v) is 28.9. The molecule has 5 aliphatic heterocycles. The van der Waals surface area contributed by atoms with Crippen molar-refractivity contribution in [3.63, 3.8) is 0 Å². The van der Waals surface area contributed by atoms with Gasteiger partial charge in [-0.15, -0.1) is 0 Å². The Balaban J connectivity index is 0.000000535. The molecule has 552 valence electrons. The van der Waals surface area contributed by atoms with Gasteiger partial charge in [0.05, 0.1) is 7.11 Å². The smallest absolute Gasteiger partial charge is 0.177 e. The number of hydrogen-bond acceptors (Lipinski definition) is 9. The van der Waals surface area contributed by atoms with E-state index in [1.165, 1.54) is 170 Å². The van der Waals surface area contributed by atoms with Crippen LogP contribution >= 0.6 is 0 Å². The number of methoxy groups -OCH3 is 1. The average Bonchev–Trinajstić information content (AvgIpc) is 2.16. The highest BCUT2D eigenvalue weighted by Crippen LogP contribution is 2.27. The van der Waals surface area contributed by atoms with Crippen LogP contribution in [0.15, 0.2) is 170 Å². The summed E-state index contributed by atoms with van der Waals surface area (Å²) in [5.41, 5.74) is 6.48. The van der Waals surface area contributed by atoms with Crippen molar-refractivity contribution < 1.29 is 13.9 Å². The van der Waals surface area contributed by atoms with Crippen molar-refractivity contribution in [1.29, 1.82) is 0 Å². The zero-order valence-corrected chi connectivity index (χ0v) is 67.0. The Morgan fingerprint density at radius 3 is 1.04 bits per heavy atom. The summed E-state index contributed by atoms with van der Waals surface area (Å²) < 4.78 is 9.08. The lowest BCUT2D eigenvalue weighted by Gasteiger charge is -2.32. The molecular formula is C87H150N10O+2. The molecule has 11 nitrogen and oxygen atoms in total. The summed E-state index contributed by atoms with van der Waals surface area (Å²) in [5, 5.41) is 6.41. The monoisotopic (exact) mass is 1350 g/mol. The first-order chi connectivity index (χ1) is 46.9. The lowest BCUT2D eigenvalue weighted by molar-refractivity contribution is -0.677. The number of likely N-dealkylation sites (N-methyl/N-ethyl adjacent to an activating group) is 2. The predicted molar refractivity (Wildman–Crippen MR) is 429 cm³/mol. The van der Waals surface area contributed by atoms with Crippen LogP contribution in [0.25, 0.3) is 0 Å². The number of likely N-dealkylation sites (tertiary alicyclic amines) is 5. The SMILES string of the molecule is CC1CCCC(C)C1.CC1CCCCN1C.CC1CCCCN1C.CC1CCCN1C.CC1CCCN1C.CN(C)c1ccccc1.CNC(C)c1ccccc1.CNCC1CCCCN1C.COc1ccccc1.Cc1cccc[n+]1C.Cc1cccc[n+]1C.Cc1ccccc1. The molecule has 0 radical (unpaired) electrons. The number of hydrogen-bond donors (Lipinski definition) is 2. The van der Waals surface area contributed by atoms with Gasteiger partial charge in [-0.3, -0.25) is 0 Å². The van der Waals surface area contributed by atoms with Gasteiger partial charge >= 0.3 is 0 Å². The first kappa shape index (κ1) is 90.5. The Hall–Kier alpha value is -5.50. The number of para-hydroxylation sites is 2. The molecule has 12 rings (SSSR count). The lowest BCUT2D eigenvalue weighted by Crippen LogP contribution is -2.42. The van der Waals surface area contributed by atoms with Crippen LogP contribution in [0.5, 0.6) is 5.75 Å². The zero-order chi connectivity index (χ0) is 72.9. The van der Waals surface area contributed by atoms with Gasteiger partial charge in [0.2, 0.25) is 0 Å². The number of benzene rings is 4. The third kappa shape index (κ3) is 45.3. The van der Waals surface area contributed by atoms with E-state index >= 15 is 0 Å². The number of pyridine rings is 2. The van der Waals surface area contributed by atoms with Crippen LogP contribution in [0, 0.1) is 32.6 Å². The van der Waals surface area contributed by atoms with Crippen molar-refractivity contribution in [1.82, 2.24) is 35.1 Å². The van der Waals surface area contributed by atoms with Crippen LogP contribution < -0.4 is 29.4 Å². The summed E-state index contributed by atoms with van der Waals surface area (Å²) in [4.78, 5) is 14.2. The Morgan fingerprint density at radius 1 is 0.439 bits per heavy atom. The van der Waals surface area contributed by atoms with Gasteiger partial charge in [0.25, 0.3) is 0 Å². The van der Waals surface area contributed by atoms with E-state index in [4.69, 9.17) is 4.74 Å². The topological polar surface area (TPSA) is 60.5 Å². The van der Waals surface area contributed by atoms with E-state index in [1.54, 1.807) is 7.11 Å². The van der Waals surface area contributed by atoms with Crippen LogP contribution in [-0.4, -0.2) is 165 Å². The number of anilines is 1. The van der Waals surface area contributed by atoms with E-state index in [1.807, 2.05) is 152 Å². The van der Waals surface area contributed by atoms with Gasteiger partial charge in [-0.05, 0) is 236 Å². The third-order valence-corrected chi connectivity index (χ3v) is 20.2. The Kier molecular flexibility index (Phi) is 52.8. The molecular weight excluding hydrogens is 1200 g/mol. The minimum absolute atomic E-state index is 0.459. The largest absolute Gasteiger partial charge is 0.497 e. The molecule has 1 aliphatic carbocycles. The van der Waals surface area contributed by atoms with Crippen molar-refractivity contribution in [3.05, 3.63) is 193 Å². The van der Waals surface area contributed by atoms with Crippen LogP contribution in [0.2, 0.25) is 0 Å². The summed E-state index contributed by atoms with van der Waals surface area (Å²) >= 11 is 0. The molecule has 8 unspecified atom stereocenters. The zero-order valence-electron chi connectivity index (χ0n) is 67.0. The molecule has 1 saturated carbocycles. The van der Waals surface area contributed by atoms with Gasteiger partial charge in [-0.1, -0.05) is 167 Å². The quantitative estimate of drug-likeness (QED) is 0.159. The normalized spacial score (nSPS) is 21.5. The van der Waals surface area contributed by atoms with Crippen molar-refractivity contribution in [2.24, 2.45) is 25.9 Å². The van der Waals surface area contributed by atoms with Gasteiger partial charge in [0, 0.05) is 101 Å². The molecule has 4 aromatic carbocycles. The third-order valence-electron chi connectivity index (χ3n) is 20.2. The molecule has 8 atom stereocenters. The minimum atomic E-state index is 0.459. The van der Waals surface area contributed by atoms with Crippen molar-refractivity contribution >= 4 is 5.69 Å². The summed E-state index contributed by atoms with van der Waals surface area (Å²) in [6.07, 6.45) is 28.2. The molecule has 7 heterocycles. The average molecular weight is 1350 g/mol. The highest BCUT2D eigenvalue weighted by molar-refractivity contribution is 5.43. The van der Waals surface area contributed by atoms with Crippen molar-refractivity contribution in [3.8, 4) is 5.75 Å². The summed E-state index contributed by atoms with van der Waals surface area (Å²) in [5.74, 6) is 2.94. The van der Waals surface area contributed by atoms with E-state index in [2.05, 4.69) is 214 Å². The maximum Gasteiger partial charge on any atom is 0.177 e. The van der Waals surface area contributed by atoms with Gasteiger partial charge < -0.3 is 44.8 Å². The number of nitrogens with one attached hydrogen (secondary N) is 2. The molecule has 11 heteroatoms. The number of rotatable bonds is 6. The number of aryl methyl sites for hydroxylation is 5. The number of aromatic nitrogens is 2. The summed E-state index contributed by atoms with van der Waals surface area (Å²) in [6.45, 7) is 30.0. The Morgan fingerprint density at radius 2 is 0.796 bits per heavy atom.